The van der Waals surface area contributed by atoms with Crippen LogP contribution in [0.4, 0.5) is 0 Å². The molecule has 0 unspecified atom stereocenters. The van der Waals surface area contributed by atoms with Gasteiger partial charge in [0.15, 0.2) is 5.58 Å². The van der Waals surface area contributed by atoms with Crippen LogP contribution in [0.5, 0.6) is 6.08 Å². The molecule has 2 aromatic rings. The van der Waals surface area contributed by atoms with Crippen LogP contribution in [-0.2, 0) is 6.54 Å². The van der Waals surface area contributed by atoms with Crippen LogP contribution < -0.4 is 10.5 Å². The van der Waals surface area contributed by atoms with Gasteiger partial charge >= 0.3 is 6.08 Å². The zero-order valence-electron chi connectivity index (χ0n) is 7.99. The zero-order valence-corrected chi connectivity index (χ0v) is 7.99. The van der Waals surface area contributed by atoms with Crippen LogP contribution in [0.25, 0.3) is 11.1 Å². The minimum Gasteiger partial charge on any atom is -0.450 e. The van der Waals surface area contributed by atoms with E-state index in [0.29, 0.717) is 19.2 Å². The van der Waals surface area contributed by atoms with E-state index in [1.54, 1.807) is 0 Å². The highest BCUT2D eigenvalue weighted by molar-refractivity contribution is 5.76. The van der Waals surface area contributed by atoms with E-state index < -0.39 is 0 Å². The predicted molar refractivity (Wildman–Crippen MR) is 53.1 cm³/mol. The molecule has 0 spiro atoms. The van der Waals surface area contributed by atoms with Gasteiger partial charge in [-0.3, -0.25) is 0 Å². The molecule has 0 aliphatic heterocycles. The van der Waals surface area contributed by atoms with Gasteiger partial charge in [-0.25, -0.2) is 0 Å². The van der Waals surface area contributed by atoms with Crippen molar-refractivity contribution in [3.63, 3.8) is 0 Å². The standard InChI is InChI=1S/C10H12N2O2/c1-2-13-10-12-8-5-3-4-7(6-11)9(8)14-10/h3-5H,2,6,11H2,1H3. The molecular formula is C10H12N2O2. The molecule has 2 N–H and O–H groups in total. The number of oxazole rings is 1. The summed E-state index contributed by atoms with van der Waals surface area (Å²) in [5, 5.41) is 0. The van der Waals surface area contributed by atoms with Gasteiger partial charge in [0.05, 0.1) is 6.61 Å². The fourth-order valence-electron chi connectivity index (χ4n) is 1.33. The van der Waals surface area contributed by atoms with Crippen LogP contribution in [-0.4, -0.2) is 11.6 Å². The molecule has 0 saturated carbocycles. The number of aromatic nitrogens is 1. The molecule has 1 heterocycles. The third kappa shape index (κ3) is 1.44. The van der Waals surface area contributed by atoms with Crippen molar-refractivity contribution in [1.29, 1.82) is 0 Å². The van der Waals surface area contributed by atoms with E-state index in [1.165, 1.54) is 0 Å². The van der Waals surface area contributed by atoms with E-state index in [2.05, 4.69) is 4.98 Å². The fraction of sp³-hybridized carbons (Fsp3) is 0.300. The Morgan fingerprint density at radius 2 is 2.36 bits per heavy atom. The molecule has 0 aliphatic carbocycles. The summed E-state index contributed by atoms with van der Waals surface area (Å²) in [7, 11) is 0. The number of ether oxygens (including phenoxy) is 1. The fourth-order valence-corrected chi connectivity index (χ4v) is 1.33. The lowest BCUT2D eigenvalue weighted by atomic mass is 10.2. The van der Waals surface area contributed by atoms with Crippen LogP contribution in [0.3, 0.4) is 0 Å². The summed E-state index contributed by atoms with van der Waals surface area (Å²) >= 11 is 0. The first kappa shape index (κ1) is 9.02. The Morgan fingerprint density at radius 3 is 3.07 bits per heavy atom. The Kier molecular flexibility index (Phi) is 2.37. The lowest BCUT2D eigenvalue weighted by molar-refractivity contribution is 0.251. The Labute approximate surface area is 81.7 Å². The molecule has 0 saturated heterocycles. The Balaban J connectivity index is 2.52. The molecule has 0 aliphatic rings. The minimum absolute atomic E-state index is 0.309. The molecule has 0 amide bonds. The highest BCUT2D eigenvalue weighted by atomic mass is 16.6. The SMILES string of the molecule is CCOc1nc2cccc(CN)c2o1. The lowest BCUT2D eigenvalue weighted by Gasteiger charge is -1.95. The van der Waals surface area contributed by atoms with Gasteiger partial charge in [0.2, 0.25) is 0 Å². The van der Waals surface area contributed by atoms with Crippen LogP contribution in [0.2, 0.25) is 0 Å². The van der Waals surface area contributed by atoms with Gasteiger partial charge in [-0.15, -0.1) is 0 Å². The molecule has 0 radical (unpaired) electrons. The van der Waals surface area contributed by atoms with Crippen LogP contribution in [0.1, 0.15) is 12.5 Å². The molecule has 1 aromatic heterocycles. The van der Waals surface area contributed by atoms with Gasteiger partial charge in [0.25, 0.3) is 0 Å². The summed E-state index contributed by atoms with van der Waals surface area (Å²) in [4.78, 5) is 4.17. The van der Waals surface area contributed by atoms with E-state index in [1.807, 2.05) is 25.1 Å². The zero-order chi connectivity index (χ0) is 9.97. The summed E-state index contributed by atoms with van der Waals surface area (Å²) < 4.78 is 10.6. The van der Waals surface area contributed by atoms with Crippen LogP contribution >= 0.6 is 0 Å². The number of hydrogen-bond acceptors (Lipinski definition) is 4. The first-order valence-electron chi connectivity index (χ1n) is 4.56. The smallest absolute Gasteiger partial charge is 0.394 e. The third-order valence-electron chi connectivity index (χ3n) is 1.96. The van der Waals surface area contributed by atoms with Crippen molar-refractivity contribution in [2.45, 2.75) is 13.5 Å². The van der Waals surface area contributed by atoms with Gasteiger partial charge in [-0.1, -0.05) is 12.1 Å². The van der Waals surface area contributed by atoms with Crippen molar-refractivity contribution in [2.75, 3.05) is 6.61 Å². The lowest BCUT2D eigenvalue weighted by Crippen LogP contribution is -1.95. The number of fused-ring (bicyclic) bond motifs is 1. The van der Waals surface area contributed by atoms with E-state index in [4.69, 9.17) is 14.9 Å². The first-order chi connectivity index (χ1) is 6.85. The molecule has 1 aromatic carbocycles. The number of benzene rings is 1. The monoisotopic (exact) mass is 192 g/mol. The summed E-state index contributed by atoms with van der Waals surface area (Å²) in [6.07, 6.45) is 0.309. The van der Waals surface area contributed by atoms with Crippen LogP contribution in [0, 0.1) is 0 Å². The molecular weight excluding hydrogens is 180 g/mol. The molecule has 74 valence electrons. The molecule has 4 nitrogen and oxygen atoms in total. The van der Waals surface area contributed by atoms with Gasteiger partial charge in [-0.05, 0) is 13.0 Å². The Morgan fingerprint density at radius 1 is 1.50 bits per heavy atom. The highest BCUT2D eigenvalue weighted by Crippen LogP contribution is 2.23. The van der Waals surface area contributed by atoms with Crippen molar-refractivity contribution >= 4 is 11.1 Å². The van der Waals surface area contributed by atoms with E-state index >= 15 is 0 Å². The summed E-state index contributed by atoms with van der Waals surface area (Å²) in [5.41, 5.74) is 8.02. The average Bonchev–Trinajstić information content (AvgIpc) is 2.60. The molecule has 4 heteroatoms. The molecule has 2 rings (SSSR count). The minimum atomic E-state index is 0.309. The van der Waals surface area contributed by atoms with Crippen molar-refractivity contribution < 1.29 is 9.15 Å². The number of hydrogen-bond donors (Lipinski definition) is 1. The van der Waals surface area contributed by atoms with Crippen molar-refractivity contribution in [3.05, 3.63) is 23.8 Å². The summed E-state index contributed by atoms with van der Waals surface area (Å²) in [6.45, 7) is 2.88. The number of nitrogens with zero attached hydrogens (tertiary/aromatic N) is 1. The first-order valence-corrected chi connectivity index (χ1v) is 4.56. The second-order valence-electron chi connectivity index (χ2n) is 2.88. The quantitative estimate of drug-likeness (QED) is 0.803. The number of rotatable bonds is 3. The molecule has 14 heavy (non-hydrogen) atoms. The Bertz CT molecular complexity index is 437. The number of para-hydroxylation sites is 1. The largest absolute Gasteiger partial charge is 0.450 e. The van der Waals surface area contributed by atoms with Crippen molar-refractivity contribution in [1.82, 2.24) is 4.98 Å². The van der Waals surface area contributed by atoms with Gasteiger partial charge in [-0.2, -0.15) is 4.98 Å². The highest BCUT2D eigenvalue weighted by Gasteiger charge is 2.08. The third-order valence-corrected chi connectivity index (χ3v) is 1.96. The molecule has 0 atom stereocenters. The van der Waals surface area contributed by atoms with E-state index in [9.17, 15) is 0 Å². The predicted octanol–water partition coefficient (Wildman–Crippen LogP) is 1.69. The van der Waals surface area contributed by atoms with Gasteiger partial charge < -0.3 is 14.9 Å². The van der Waals surface area contributed by atoms with Gasteiger partial charge in [0.1, 0.15) is 5.52 Å². The summed E-state index contributed by atoms with van der Waals surface area (Å²) in [5.74, 6) is 0. The second kappa shape index (κ2) is 3.67. The van der Waals surface area contributed by atoms with E-state index in [-0.39, 0.29) is 0 Å². The normalized spacial score (nSPS) is 10.7. The average molecular weight is 192 g/mol. The van der Waals surface area contributed by atoms with Crippen molar-refractivity contribution in [2.24, 2.45) is 5.73 Å². The number of nitrogens with two attached hydrogens (primary N) is 1. The maximum Gasteiger partial charge on any atom is 0.394 e. The topological polar surface area (TPSA) is 61.3 Å². The second-order valence-corrected chi connectivity index (χ2v) is 2.88. The maximum atomic E-state index is 5.57. The van der Waals surface area contributed by atoms with E-state index in [0.717, 1.165) is 16.7 Å². The summed E-state index contributed by atoms with van der Waals surface area (Å²) in [6, 6.07) is 5.70. The Hall–Kier alpha value is -1.55. The maximum absolute atomic E-state index is 5.57. The molecule has 0 fully saturated rings. The molecule has 0 bridgehead atoms. The van der Waals surface area contributed by atoms with Crippen molar-refractivity contribution in [3.8, 4) is 6.08 Å². The van der Waals surface area contributed by atoms with Crippen LogP contribution in [0.15, 0.2) is 22.6 Å². The van der Waals surface area contributed by atoms with Gasteiger partial charge in [0, 0.05) is 12.1 Å².